The smallest absolute Gasteiger partial charge is 0.253 e. The molecule has 1 aromatic carbocycles. The summed E-state index contributed by atoms with van der Waals surface area (Å²) in [6.45, 7) is 5.39. The largest absolute Gasteiger partial charge is 0.348 e. The number of nitrogens with zero attached hydrogens (tertiary/aromatic N) is 3. The Morgan fingerprint density at radius 3 is 2.58 bits per heavy atom. The van der Waals surface area contributed by atoms with Gasteiger partial charge in [0.15, 0.2) is 0 Å². The number of aromatic nitrogens is 2. The average molecular weight is 346 g/mol. The van der Waals surface area contributed by atoms with E-state index in [-0.39, 0.29) is 5.91 Å². The van der Waals surface area contributed by atoms with Crippen molar-refractivity contribution in [3.8, 4) is 0 Å². The molecule has 0 aliphatic carbocycles. The zero-order valence-electron chi connectivity index (χ0n) is 15.0. The minimum absolute atomic E-state index is 0.142. The standard InChI is InChI=1S/C21H22N4O/c1-3-25(19-6-4-5-16(2)11-19)20-12-18(14-23-15-20)21(26)24-13-17-7-9-22-10-8-17/h4-12,14-15H,3,13H2,1-2H3,(H,24,26). The van der Waals surface area contributed by atoms with Crippen LogP contribution in [0.1, 0.15) is 28.4 Å². The second-order valence-electron chi connectivity index (χ2n) is 6.05. The molecule has 132 valence electrons. The van der Waals surface area contributed by atoms with Crippen molar-refractivity contribution in [1.82, 2.24) is 15.3 Å². The number of carbonyl (C=O) groups excluding carboxylic acids is 1. The fourth-order valence-electron chi connectivity index (χ4n) is 2.79. The Labute approximate surface area is 153 Å². The molecule has 0 aliphatic rings. The molecule has 26 heavy (non-hydrogen) atoms. The van der Waals surface area contributed by atoms with Crippen molar-refractivity contribution < 1.29 is 4.79 Å². The van der Waals surface area contributed by atoms with E-state index >= 15 is 0 Å². The van der Waals surface area contributed by atoms with Gasteiger partial charge in [0.2, 0.25) is 0 Å². The Bertz CT molecular complexity index is 880. The van der Waals surface area contributed by atoms with Gasteiger partial charge in [0, 0.05) is 37.4 Å². The number of benzene rings is 1. The van der Waals surface area contributed by atoms with Gasteiger partial charge in [-0.2, -0.15) is 0 Å². The van der Waals surface area contributed by atoms with Crippen LogP contribution in [0.3, 0.4) is 0 Å². The van der Waals surface area contributed by atoms with E-state index in [0.29, 0.717) is 12.1 Å². The van der Waals surface area contributed by atoms with Gasteiger partial charge in [0.05, 0.1) is 17.4 Å². The van der Waals surface area contributed by atoms with E-state index in [1.807, 2.05) is 24.3 Å². The third-order valence-electron chi connectivity index (χ3n) is 4.13. The maximum absolute atomic E-state index is 12.5. The van der Waals surface area contributed by atoms with Crippen LogP contribution in [-0.2, 0) is 6.54 Å². The van der Waals surface area contributed by atoms with Crippen LogP contribution in [0, 0.1) is 6.92 Å². The number of hydrogen-bond donors (Lipinski definition) is 1. The van der Waals surface area contributed by atoms with E-state index in [0.717, 1.165) is 23.5 Å². The van der Waals surface area contributed by atoms with E-state index < -0.39 is 0 Å². The predicted molar refractivity (Wildman–Crippen MR) is 104 cm³/mol. The number of amides is 1. The molecule has 0 radical (unpaired) electrons. The second-order valence-corrected chi connectivity index (χ2v) is 6.05. The third kappa shape index (κ3) is 4.25. The topological polar surface area (TPSA) is 58.1 Å². The lowest BCUT2D eigenvalue weighted by molar-refractivity contribution is 0.0950. The summed E-state index contributed by atoms with van der Waals surface area (Å²) < 4.78 is 0. The van der Waals surface area contributed by atoms with Crippen LogP contribution < -0.4 is 10.2 Å². The summed E-state index contributed by atoms with van der Waals surface area (Å²) in [4.78, 5) is 22.9. The van der Waals surface area contributed by atoms with Crippen LogP contribution in [0.4, 0.5) is 11.4 Å². The fourth-order valence-corrected chi connectivity index (χ4v) is 2.79. The number of anilines is 2. The van der Waals surface area contributed by atoms with Gasteiger partial charge in [-0.25, -0.2) is 0 Å². The van der Waals surface area contributed by atoms with Crippen LogP contribution in [-0.4, -0.2) is 22.4 Å². The number of pyridine rings is 2. The third-order valence-corrected chi connectivity index (χ3v) is 4.13. The molecule has 0 atom stereocenters. The van der Waals surface area contributed by atoms with E-state index in [1.54, 1.807) is 24.8 Å². The number of aryl methyl sites for hydroxylation is 1. The molecule has 3 aromatic rings. The number of carbonyl (C=O) groups is 1. The predicted octanol–water partition coefficient (Wildman–Crippen LogP) is 3.87. The molecule has 0 spiro atoms. The van der Waals surface area contributed by atoms with E-state index in [1.165, 1.54) is 5.56 Å². The Balaban J connectivity index is 1.77. The lowest BCUT2D eigenvalue weighted by Gasteiger charge is -2.23. The van der Waals surface area contributed by atoms with E-state index in [9.17, 15) is 4.79 Å². The monoisotopic (exact) mass is 346 g/mol. The first-order valence-electron chi connectivity index (χ1n) is 8.63. The van der Waals surface area contributed by atoms with Crippen molar-refractivity contribution in [3.63, 3.8) is 0 Å². The summed E-state index contributed by atoms with van der Waals surface area (Å²) in [5.74, 6) is -0.142. The molecule has 0 bridgehead atoms. The van der Waals surface area contributed by atoms with Gasteiger partial charge >= 0.3 is 0 Å². The van der Waals surface area contributed by atoms with Gasteiger partial charge < -0.3 is 10.2 Å². The average Bonchev–Trinajstić information content (AvgIpc) is 2.68. The quantitative estimate of drug-likeness (QED) is 0.736. The maximum Gasteiger partial charge on any atom is 0.253 e. The van der Waals surface area contributed by atoms with Crippen molar-refractivity contribution >= 4 is 17.3 Å². The summed E-state index contributed by atoms with van der Waals surface area (Å²) in [5, 5.41) is 2.92. The SMILES string of the molecule is CCN(c1cccc(C)c1)c1cncc(C(=O)NCc2ccncc2)c1. The van der Waals surface area contributed by atoms with Crippen LogP contribution >= 0.6 is 0 Å². The fraction of sp³-hybridized carbons (Fsp3) is 0.190. The number of rotatable bonds is 6. The molecule has 0 fully saturated rings. The molecular weight excluding hydrogens is 324 g/mol. The second kappa shape index (κ2) is 8.25. The van der Waals surface area contributed by atoms with Crippen LogP contribution in [0.25, 0.3) is 0 Å². The van der Waals surface area contributed by atoms with E-state index in [2.05, 4.69) is 52.2 Å². The van der Waals surface area contributed by atoms with Crippen LogP contribution in [0.2, 0.25) is 0 Å². The summed E-state index contributed by atoms with van der Waals surface area (Å²) in [6.07, 6.45) is 6.80. The molecule has 5 nitrogen and oxygen atoms in total. The highest BCUT2D eigenvalue weighted by molar-refractivity contribution is 5.94. The molecule has 5 heteroatoms. The van der Waals surface area contributed by atoms with Gasteiger partial charge in [-0.3, -0.25) is 14.8 Å². The Hall–Kier alpha value is -3.21. The van der Waals surface area contributed by atoms with Crippen LogP contribution in [0.15, 0.2) is 67.3 Å². The number of nitrogens with one attached hydrogen (secondary N) is 1. The summed E-state index contributed by atoms with van der Waals surface area (Å²) in [7, 11) is 0. The lowest BCUT2D eigenvalue weighted by atomic mass is 10.1. The first kappa shape index (κ1) is 17.6. The molecule has 1 amide bonds. The van der Waals surface area contributed by atoms with E-state index in [4.69, 9.17) is 0 Å². The van der Waals surface area contributed by atoms with Crippen molar-refractivity contribution in [2.24, 2.45) is 0 Å². The molecule has 2 aromatic heterocycles. The Kier molecular flexibility index (Phi) is 5.59. The van der Waals surface area contributed by atoms with Gasteiger partial charge in [-0.05, 0) is 55.3 Å². The van der Waals surface area contributed by atoms with Crippen molar-refractivity contribution in [3.05, 3.63) is 83.9 Å². The molecule has 0 saturated heterocycles. The van der Waals surface area contributed by atoms with Crippen molar-refractivity contribution in [1.29, 1.82) is 0 Å². The molecule has 2 heterocycles. The highest BCUT2D eigenvalue weighted by atomic mass is 16.1. The Morgan fingerprint density at radius 1 is 1.04 bits per heavy atom. The summed E-state index contributed by atoms with van der Waals surface area (Å²) >= 11 is 0. The molecule has 0 saturated carbocycles. The Morgan fingerprint density at radius 2 is 1.85 bits per heavy atom. The van der Waals surface area contributed by atoms with Gasteiger partial charge in [-0.1, -0.05) is 12.1 Å². The van der Waals surface area contributed by atoms with Crippen LogP contribution in [0.5, 0.6) is 0 Å². The molecule has 1 N–H and O–H groups in total. The minimum atomic E-state index is -0.142. The van der Waals surface area contributed by atoms with Gasteiger partial charge in [-0.15, -0.1) is 0 Å². The van der Waals surface area contributed by atoms with Gasteiger partial charge in [0.25, 0.3) is 5.91 Å². The molecule has 0 unspecified atom stereocenters. The zero-order chi connectivity index (χ0) is 18.4. The first-order chi connectivity index (χ1) is 12.7. The van der Waals surface area contributed by atoms with Crippen molar-refractivity contribution in [2.75, 3.05) is 11.4 Å². The molecule has 3 rings (SSSR count). The summed E-state index contributed by atoms with van der Waals surface area (Å²) in [6, 6.07) is 13.9. The number of hydrogen-bond acceptors (Lipinski definition) is 4. The lowest BCUT2D eigenvalue weighted by Crippen LogP contribution is -2.24. The zero-order valence-corrected chi connectivity index (χ0v) is 15.0. The first-order valence-corrected chi connectivity index (χ1v) is 8.63. The van der Waals surface area contributed by atoms with Crippen molar-refractivity contribution in [2.45, 2.75) is 20.4 Å². The molecule has 0 aliphatic heterocycles. The van der Waals surface area contributed by atoms with Gasteiger partial charge in [0.1, 0.15) is 0 Å². The normalized spacial score (nSPS) is 10.4. The highest BCUT2D eigenvalue weighted by Crippen LogP contribution is 2.25. The summed E-state index contributed by atoms with van der Waals surface area (Å²) in [5.41, 5.74) is 4.73. The highest BCUT2D eigenvalue weighted by Gasteiger charge is 2.12. The molecular formula is C21H22N4O. The minimum Gasteiger partial charge on any atom is -0.348 e. The maximum atomic E-state index is 12.5.